The highest BCUT2D eigenvalue weighted by atomic mass is 32.2. The molecule has 1 atom stereocenters. The summed E-state index contributed by atoms with van der Waals surface area (Å²) in [6.07, 6.45) is 0.677. The van der Waals surface area contributed by atoms with Gasteiger partial charge >= 0.3 is 0 Å². The smallest absolute Gasteiger partial charge is 0.200 e. The van der Waals surface area contributed by atoms with Crippen molar-refractivity contribution in [1.82, 2.24) is 9.97 Å². The number of benzene rings is 3. The molecule has 0 radical (unpaired) electrons. The van der Waals surface area contributed by atoms with Crippen LogP contribution in [-0.4, -0.2) is 24.9 Å². The molecule has 0 unspecified atom stereocenters. The fourth-order valence-electron chi connectivity index (χ4n) is 3.33. The Kier molecular flexibility index (Phi) is 6.10. The van der Waals surface area contributed by atoms with Crippen LogP contribution in [0.15, 0.2) is 83.8 Å². The SMILES string of the molecule is N#C[C@@H](c1nc2ccccc2nc1NCCc1ccccc1)S(=O)(=O)c1ccc(F)cc1. The summed E-state index contributed by atoms with van der Waals surface area (Å²) >= 11 is 0. The molecule has 32 heavy (non-hydrogen) atoms. The van der Waals surface area contributed by atoms with Gasteiger partial charge in [-0.25, -0.2) is 22.8 Å². The molecule has 0 aliphatic rings. The number of nitrogens with one attached hydrogen (secondary N) is 1. The molecule has 0 aliphatic carbocycles. The van der Waals surface area contributed by atoms with Gasteiger partial charge in [0.1, 0.15) is 11.5 Å². The molecule has 0 aliphatic heterocycles. The van der Waals surface area contributed by atoms with Gasteiger partial charge < -0.3 is 5.32 Å². The number of nitriles is 1. The van der Waals surface area contributed by atoms with E-state index in [1.807, 2.05) is 42.5 Å². The second-order valence-corrected chi connectivity index (χ2v) is 9.15. The number of aromatic nitrogens is 2. The average molecular weight is 447 g/mol. The van der Waals surface area contributed by atoms with E-state index in [2.05, 4.69) is 15.3 Å². The van der Waals surface area contributed by atoms with Crippen molar-refractivity contribution in [2.45, 2.75) is 16.6 Å². The van der Waals surface area contributed by atoms with Gasteiger partial charge in [-0.3, -0.25) is 0 Å². The zero-order valence-corrected chi connectivity index (χ0v) is 17.8. The predicted octanol–water partition coefficient (Wildman–Crippen LogP) is 4.46. The van der Waals surface area contributed by atoms with E-state index in [1.165, 1.54) is 0 Å². The van der Waals surface area contributed by atoms with Crippen LogP contribution in [-0.2, 0) is 16.3 Å². The van der Waals surface area contributed by atoms with Crippen molar-refractivity contribution in [3.63, 3.8) is 0 Å². The molecule has 0 bridgehead atoms. The topological polar surface area (TPSA) is 95.7 Å². The molecule has 0 saturated carbocycles. The third-order valence-electron chi connectivity index (χ3n) is 4.96. The number of anilines is 1. The van der Waals surface area contributed by atoms with Crippen molar-refractivity contribution < 1.29 is 12.8 Å². The Labute approximate surface area is 185 Å². The lowest BCUT2D eigenvalue weighted by Crippen LogP contribution is -2.18. The molecule has 6 nitrogen and oxygen atoms in total. The molecule has 1 heterocycles. The van der Waals surface area contributed by atoms with Crippen LogP contribution in [0.25, 0.3) is 11.0 Å². The molecule has 8 heteroatoms. The maximum atomic E-state index is 13.3. The lowest BCUT2D eigenvalue weighted by Gasteiger charge is -2.16. The van der Waals surface area contributed by atoms with E-state index in [1.54, 1.807) is 18.2 Å². The second kappa shape index (κ2) is 9.12. The fourth-order valence-corrected chi connectivity index (χ4v) is 4.72. The summed E-state index contributed by atoms with van der Waals surface area (Å²) in [5, 5.41) is 11.4. The summed E-state index contributed by atoms with van der Waals surface area (Å²) in [5.74, 6) is -0.330. The van der Waals surface area contributed by atoms with Gasteiger partial charge in [-0.15, -0.1) is 0 Å². The van der Waals surface area contributed by atoms with Crippen LogP contribution < -0.4 is 5.32 Å². The highest BCUT2D eigenvalue weighted by Crippen LogP contribution is 2.32. The van der Waals surface area contributed by atoms with E-state index in [9.17, 15) is 18.1 Å². The van der Waals surface area contributed by atoms with Crippen LogP contribution >= 0.6 is 0 Å². The number of para-hydroxylation sites is 2. The summed E-state index contributed by atoms with van der Waals surface area (Å²) in [6, 6.07) is 23.1. The first-order valence-corrected chi connectivity index (χ1v) is 11.5. The number of rotatable bonds is 7. The van der Waals surface area contributed by atoms with Crippen molar-refractivity contribution in [2.75, 3.05) is 11.9 Å². The lowest BCUT2D eigenvalue weighted by atomic mass is 10.1. The monoisotopic (exact) mass is 446 g/mol. The second-order valence-electron chi connectivity index (χ2n) is 7.12. The Bertz CT molecular complexity index is 1390. The van der Waals surface area contributed by atoms with Crippen LogP contribution in [0.5, 0.6) is 0 Å². The van der Waals surface area contributed by atoms with Crippen LogP contribution in [0, 0.1) is 17.1 Å². The average Bonchev–Trinajstić information content (AvgIpc) is 2.80. The van der Waals surface area contributed by atoms with E-state index in [4.69, 9.17) is 0 Å². The van der Waals surface area contributed by atoms with Crippen molar-refractivity contribution in [3.05, 3.63) is 95.9 Å². The number of hydrogen-bond donors (Lipinski definition) is 1. The van der Waals surface area contributed by atoms with Crippen LogP contribution in [0.2, 0.25) is 0 Å². The minimum atomic E-state index is -4.16. The van der Waals surface area contributed by atoms with Crippen LogP contribution in [0.4, 0.5) is 10.2 Å². The Balaban J connectivity index is 1.74. The molecule has 160 valence electrons. The molecule has 1 N–H and O–H groups in total. The summed E-state index contributed by atoms with van der Waals surface area (Å²) in [5.41, 5.74) is 2.18. The maximum Gasteiger partial charge on any atom is 0.200 e. The Morgan fingerprint density at radius 3 is 2.19 bits per heavy atom. The van der Waals surface area contributed by atoms with E-state index in [-0.39, 0.29) is 16.4 Å². The number of sulfone groups is 1. The highest BCUT2D eigenvalue weighted by Gasteiger charge is 2.33. The van der Waals surface area contributed by atoms with Gasteiger partial charge in [-0.05, 0) is 48.4 Å². The largest absolute Gasteiger partial charge is 0.368 e. The molecular weight excluding hydrogens is 427 g/mol. The first-order valence-electron chi connectivity index (χ1n) is 9.92. The number of halogens is 1. The van der Waals surface area contributed by atoms with Gasteiger partial charge in [-0.1, -0.05) is 42.5 Å². The number of hydrogen-bond acceptors (Lipinski definition) is 6. The molecule has 0 fully saturated rings. The standard InChI is InChI=1S/C24H19FN4O2S/c25-18-10-12-19(13-11-18)32(30,31)22(16-26)23-24(27-15-14-17-6-2-1-3-7-17)29-21-9-5-4-8-20(21)28-23/h1-13,22H,14-15H2,(H,27,29)/t22-/m0/s1. The van der Waals surface area contributed by atoms with Crippen molar-refractivity contribution in [2.24, 2.45) is 0 Å². The minimum Gasteiger partial charge on any atom is -0.368 e. The van der Waals surface area contributed by atoms with Crippen molar-refractivity contribution in [3.8, 4) is 6.07 Å². The molecule has 4 aromatic rings. The molecule has 0 saturated heterocycles. The van der Waals surface area contributed by atoms with Gasteiger partial charge in [0.25, 0.3) is 0 Å². The van der Waals surface area contributed by atoms with Gasteiger partial charge in [-0.2, -0.15) is 5.26 Å². The first kappa shape index (κ1) is 21.4. The summed E-state index contributed by atoms with van der Waals surface area (Å²) < 4.78 is 39.7. The number of fused-ring (bicyclic) bond motifs is 1. The quantitative estimate of drug-likeness (QED) is 0.421. The van der Waals surface area contributed by atoms with Gasteiger partial charge in [0.15, 0.2) is 11.1 Å². The van der Waals surface area contributed by atoms with Gasteiger partial charge in [0.2, 0.25) is 9.84 Å². The Morgan fingerprint density at radius 1 is 0.906 bits per heavy atom. The zero-order chi connectivity index (χ0) is 22.6. The highest BCUT2D eigenvalue weighted by molar-refractivity contribution is 7.92. The van der Waals surface area contributed by atoms with Crippen LogP contribution in [0.1, 0.15) is 16.5 Å². The Hall–Kier alpha value is -3.83. The summed E-state index contributed by atoms with van der Waals surface area (Å²) in [7, 11) is -4.16. The zero-order valence-electron chi connectivity index (χ0n) is 16.9. The molecule has 3 aromatic carbocycles. The van der Waals surface area contributed by atoms with E-state index in [0.29, 0.717) is 24.0 Å². The Morgan fingerprint density at radius 2 is 1.53 bits per heavy atom. The van der Waals surface area contributed by atoms with Gasteiger partial charge in [0.05, 0.1) is 22.0 Å². The van der Waals surface area contributed by atoms with E-state index >= 15 is 0 Å². The normalized spacial score (nSPS) is 12.2. The van der Waals surface area contributed by atoms with Crippen molar-refractivity contribution in [1.29, 1.82) is 5.26 Å². The fraction of sp³-hybridized carbons (Fsp3) is 0.125. The molecule has 1 aromatic heterocycles. The molecule has 0 spiro atoms. The predicted molar refractivity (Wildman–Crippen MR) is 120 cm³/mol. The molecule has 4 rings (SSSR count). The summed E-state index contributed by atoms with van der Waals surface area (Å²) in [6.45, 7) is 0.471. The third kappa shape index (κ3) is 4.43. The minimum absolute atomic E-state index is 0.0172. The van der Waals surface area contributed by atoms with E-state index < -0.39 is 20.9 Å². The van der Waals surface area contributed by atoms with Crippen LogP contribution in [0.3, 0.4) is 0 Å². The number of nitrogens with zero attached hydrogens (tertiary/aromatic N) is 3. The molecular formula is C24H19FN4O2S. The third-order valence-corrected chi connectivity index (χ3v) is 6.84. The van der Waals surface area contributed by atoms with E-state index in [0.717, 1.165) is 29.8 Å². The van der Waals surface area contributed by atoms with Crippen molar-refractivity contribution >= 4 is 26.7 Å². The summed E-state index contributed by atoms with van der Waals surface area (Å²) in [4.78, 5) is 8.87. The molecule has 0 amide bonds. The van der Waals surface area contributed by atoms with Gasteiger partial charge in [0, 0.05) is 6.54 Å². The lowest BCUT2D eigenvalue weighted by molar-refractivity contribution is 0.589. The maximum absolute atomic E-state index is 13.3. The first-order chi connectivity index (χ1) is 15.5.